The van der Waals surface area contributed by atoms with Gasteiger partial charge in [-0.15, -0.1) is 0 Å². The fourth-order valence-corrected chi connectivity index (χ4v) is 3.75. The average molecular weight is 338 g/mol. The highest BCUT2D eigenvalue weighted by Crippen LogP contribution is 2.38. The van der Waals surface area contributed by atoms with E-state index in [2.05, 4.69) is 34.9 Å². The Balaban J connectivity index is 1.68. The van der Waals surface area contributed by atoms with Crippen LogP contribution >= 0.6 is 0 Å². The number of anilines is 1. The van der Waals surface area contributed by atoms with E-state index < -0.39 is 0 Å². The molecule has 0 atom stereocenters. The number of para-hydroxylation sites is 2. The average Bonchev–Trinajstić information content (AvgIpc) is 2.68. The maximum atomic E-state index is 12.4. The first kappa shape index (κ1) is 17.3. The molecule has 2 aromatic rings. The molecule has 25 heavy (non-hydrogen) atoms. The number of ether oxygens (including phenoxy) is 1. The third-order valence-electron chi connectivity index (χ3n) is 5.14. The van der Waals surface area contributed by atoms with E-state index >= 15 is 0 Å². The normalized spacial score (nSPS) is 16.0. The molecule has 2 N–H and O–H groups in total. The van der Waals surface area contributed by atoms with E-state index in [4.69, 9.17) is 4.74 Å². The summed E-state index contributed by atoms with van der Waals surface area (Å²) in [6.07, 6.45) is 5.94. The number of hydrogen-bond acceptors (Lipinski definition) is 2. The predicted molar refractivity (Wildman–Crippen MR) is 101 cm³/mol. The maximum Gasteiger partial charge on any atom is 0.319 e. The summed E-state index contributed by atoms with van der Waals surface area (Å²) in [5.41, 5.74) is 2.05. The molecule has 0 unspecified atom stereocenters. The SMILES string of the molecule is COc1ccccc1NC(=O)NCC1(c2ccccc2)CCCCC1. The van der Waals surface area contributed by atoms with Gasteiger partial charge in [-0.3, -0.25) is 0 Å². The molecular formula is C21H26N2O2. The molecule has 0 heterocycles. The van der Waals surface area contributed by atoms with Crippen molar-refractivity contribution in [2.24, 2.45) is 0 Å². The number of amides is 2. The smallest absolute Gasteiger partial charge is 0.319 e. The van der Waals surface area contributed by atoms with Gasteiger partial charge in [-0.25, -0.2) is 4.79 Å². The highest BCUT2D eigenvalue weighted by molar-refractivity contribution is 5.90. The number of benzene rings is 2. The van der Waals surface area contributed by atoms with Crippen molar-refractivity contribution in [2.45, 2.75) is 37.5 Å². The Hall–Kier alpha value is -2.49. The lowest BCUT2D eigenvalue weighted by molar-refractivity contribution is 0.240. The Morgan fingerprint density at radius 3 is 2.40 bits per heavy atom. The highest BCUT2D eigenvalue weighted by atomic mass is 16.5. The van der Waals surface area contributed by atoms with Crippen molar-refractivity contribution in [3.63, 3.8) is 0 Å². The van der Waals surface area contributed by atoms with Gasteiger partial charge in [-0.1, -0.05) is 61.7 Å². The molecule has 2 amide bonds. The van der Waals surface area contributed by atoms with Gasteiger partial charge in [0, 0.05) is 12.0 Å². The van der Waals surface area contributed by atoms with Crippen molar-refractivity contribution in [3.05, 3.63) is 60.2 Å². The zero-order chi connectivity index (χ0) is 17.5. The van der Waals surface area contributed by atoms with Crippen molar-refractivity contribution in [1.82, 2.24) is 5.32 Å². The van der Waals surface area contributed by atoms with Gasteiger partial charge >= 0.3 is 6.03 Å². The zero-order valence-electron chi connectivity index (χ0n) is 14.8. The lowest BCUT2D eigenvalue weighted by atomic mass is 9.69. The molecule has 0 aromatic heterocycles. The van der Waals surface area contributed by atoms with Crippen LogP contribution in [0.1, 0.15) is 37.7 Å². The molecule has 0 radical (unpaired) electrons. The van der Waals surface area contributed by atoms with Crippen molar-refractivity contribution < 1.29 is 9.53 Å². The third-order valence-corrected chi connectivity index (χ3v) is 5.14. The van der Waals surface area contributed by atoms with Gasteiger partial charge in [0.15, 0.2) is 0 Å². The molecular weight excluding hydrogens is 312 g/mol. The number of carbonyl (C=O) groups is 1. The summed E-state index contributed by atoms with van der Waals surface area (Å²) >= 11 is 0. The number of hydrogen-bond donors (Lipinski definition) is 2. The van der Waals surface area contributed by atoms with Crippen molar-refractivity contribution in [2.75, 3.05) is 19.0 Å². The van der Waals surface area contributed by atoms with E-state index in [0.717, 1.165) is 12.8 Å². The van der Waals surface area contributed by atoms with Crippen LogP contribution in [-0.4, -0.2) is 19.7 Å². The maximum absolute atomic E-state index is 12.4. The topological polar surface area (TPSA) is 50.4 Å². The van der Waals surface area contributed by atoms with Gasteiger partial charge < -0.3 is 15.4 Å². The molecule has 4 nitrogen and oxygen atoms in total. The van der Waals surface area contributed by atoms with Gasteiger partial charge in [-0.2, -0.15) is 0 Å². The number of carbonyl (C=O) groups excluding carboxylic acids is 1. The molecule has 1 aliphatic carbocycles. The molecule has 0 bridgehead atoms. The van der Waals surface area contributed by atoms with E-state index in [1.54, 1.807) is 7.11 Å². The Morgan fingerprint density at radius 2 is 1.68 bits per heavy atom. The minimum Gasteiger partial charge on any atom is -0.495 e. The fourth-order valence-electron chi connectivity index (χ4n) is 3.75. The lowest BCUT2D eigenvalue weighted by Gasteiger charge is -2.38. The van der Waals surface area contributed by atoms with Crippen molar-refractivity contribution in [1.29, 1.82) is 0 Å². The van der Waals surface area contributed by atoms with Crippen LogP contribution < -0.4 is 15.4 Å². The van der Waals surface area contributed by atoms with E-state index in [9.17, 15) is 4.79 Å². The van der Waals surface area contributed by atoms with Gasteiger partial charge in [-0.05, 0) is 30.5 Å². The first-order chi connectivity index (χ1) is 12.2. The Labute approximate surface area is 149 Å². The molecule has 0 spiro atoms. The van der Waals surface area contributed by atoms with Crippen LogP contribution in [0.2, 0.25) is 0 Å². The van der Waals surface area contributed by atoms with Gasteiger partial charge in [0.05, 0.1) is 12.8 Å². The molecule has 2 aromatic carbocycles. The van der Waals surface area contributed by atoms with Crippen LogP contribution in [0, 0.1) is 0 Å². The summed E-state index contributed by atoms with van der Waals surface area (Å²) < 4.78 is 5.29. The minimum atomic E-state index is -0.189. The van der Waals surface area contributed by atoms with Gasteiger partial charge in [0.1, 0.15) is 5.75 Å². The summed E-state index contributed by atoms with van der Waals surface area (Å²) in [5, 5.41) is 5.98. The Morgan fingerprint density at radius 1 is 1.00 bits per heavy atom. The summed E-state index contributed by atoms with van der Waals surface area (Å²) in [6.45, 7) is 0.651. The van der Waals surface area contributed by atoms with Crippen LogP contribution in [0.4, 0.5) is 10.5 Å². The molecule has 0 aliphatic heterocycles. The molecule has 132 valence electrons. The molecule has 1 fully saturated rings. The van der Waals surface area contributed by atoms with Crippen LogP contribution in [-0.2, 0) is 5.41 Å². The molecule has 1 saturated carbocycles. The van der Waals surface area contributed by atoms with Crippen LogP contribution in [0.25, 0.3) is 0 Å². The number of rotatable bonds is 5. The predicted octanol–water partition coefficient (Wildman–Crippen LogP) is 4.72. The quantitative estimate of drug-likeness (QED) is 0.829. The number of urea groups is 1. The third kappa shape index (κ3) is 4.13. The van der Waals surface area contributed by atoms with Gasteiger partial charge in [0.2, 0.25) is 0 Å². The van der Waals surface area contributed by atoms with E-state index in [0.29, 0.717) is 18.0 Å². The summed E-state index contributed by atoms with van der Waals surface area (Å²) in [4.78, 5) is 12.4. The van der Waals surface area contributed by atoms with E-state index in [1.807, 2.05) is 30.3 Å². The van der Waals surface area contributed by atoms with Crippen LogP contribution in [0.3, 0.4) is 0 Å². The van der Waals surface area contributed by atoms with Crippen molar-refractivity contribution in [3.8, 4) is 5.75 Å². The van der Waals surface area contributed by atoms with Crippen LogP contribution in [0.5, 0.6) is 5.75 Å². The first-order valence-corrected chi connectivity index (χ1v) is 8.97. The van der Waals surface area contributed by atoms with E-state index in [-0.39, 0.29) is 11.4 Å². The second-order valence-corrected chi connectivity index (χ2v) is 6.71. The summed E-state index contributed by atoms with van der Waals surface area (Å²) in [6, 6.07) is 17.8. The largest absolute Gasteiger partial charge is 0.495 e. The van der Waals surface area contributed by atoms with Gasteiger partial charge in [0.25, 0.3) is 0 Å². The molecule has 0 saturated heterocycles. The standard InChI is InChI=1S/C21H26N2O2/c1-25-19-13-7-6-12-18(19)23-20(24)22-16-21(14-8-3-9-15-21)17-10-4-2-5-11-17/h2,4-7,10-13H,3,8-9,14-16H2,1H3,(H2,22,23,24). The van der Waals surface area contributed by atoms with E-state index in [1.165, 1.54) is 24.8 Å². The zero-order valence-corrected chi connectivity index (χ0v) is 14.8. The summed E-state index contributed by atoms with van der Waals surface area (Å²) in [5.74, 6) is 0.660. The second-order valence-electron chi connectivity index (χ2n) is 6.71. The molecule has 1 aliphatic rings. The second kappa shape index (κ2) is 8.06. The Bertz CT molecular complexity index is 694. The number of methoxy groups -OCH3 is 1. The highest BCUT2D eigenvalue weighted by Gasteiger charge is 2.34. The minimum absolute atomic E-state index is 0.0393. The lowest BCUT2D eigenvalue weighted by Crippen LogP contribution is -2.43. The van der Waals surface area contributed by atoms with Crippen LogP contribution in [0.15, 0.2) is 54.6 Å². The Kier molecular flexibility index (Phi) is 5.59. The fraction of sp³-hybridized carbons (Fsp3) is 0.381. The number of nitrogens with one attached hydrogen (secondary N) is 2. The summed E-state index contributed by atoms with van der Waals surface area (Å²) in [7, 11) is 1.60. The first-order valence-electron chi connectivity index (χ1n) is 8.97. The monoisotopic (exact) mass is 338 g/mol. The van der Waals surface area contributed by atoms with Crippen molar-refractivity contribution >= 4 is 11.7 Å². The molecule has 3 rings (SSSR count). The molecule has 4 heteroatoms.